The lowest BCUT2D eigenvalue weighted by molar-refractivity contribution is 0.467. The number of nitrogens with two attached hydrogens (primary N) is 1. The van der Waals surface area contributed by atoms with Crippen molar-refractivity contribution in [2.24, 2.45) is 0 Å². The summed E-state index contributed by atoms with van der Waals surface area (Å²) in [4.78, 5) is -3.40. The number of nitrogen functional groups attached to an aromatic ring is 1. The van der Waals surface area contributed by atoms with E-state index in [1.54, 1.807) is 0 Å². The van der Waals surface area contributed by atoms with Crippen molar-refractivity contribution in [2.75, 3.05) is 5.73 Å². The number of fused-ring (bicyclic) bond motifs is 1. The molecular formula is C10H9NO9S3. The van der Waals surface area contributed by atoms with Crippen LogP contribution in [0.15, 0.2) is 39.0 Å². The first-order valence-corrected chi connectivity index (χ1v) is 9.84. The van der Waals surface area contributed by atoms with Gasteiger partial charge in [0.25, 0.3) is 30.4 Å². The minimum absolute atomic E-state index is 0.197. The Labute approximate surface area is 130 Å². The standard InChI is InChI=1S/C10H9NO9S3/c11-9-8-5(2-1-3-6(8)21(12,13)14)4-7(22(15,16)17)10(9)23(18,19)20/h1-4H,11H2,(H,12,13,14)(H,15,16,17)(H,18,19,20). The molecule has 2 rings (SSSR count). The molecule has 0 aliphatic rings. The van der Waals surface area contributed by atoms with Gasteiger partial charge < -0.3 is 5.73 Å². The maximum absolute atomic E-state index is 11.4. The number of rotatable bonds is 3. The number of benzene rings is 2. The van der Waals surface area contributed by atoms with Crippen LogP contribution in [-0.4, -0.2) is 38.9 Å². The molecule has 0 aromatic heterocycles. The molecule has 0 atom stereocenters. The molecule has 0 bridgehead atoms. The fraction of sp³-hybridized carbons (Fsp3) is 0. The molecule has 23 heavy (non-hydrogen) atoms. The second-order valence-electron chi connectivity index (χ2n) is 4.40. The number of hydrogen-bond acceptors (Lipinski definition) is 7. The van der Waals surface area contributed by atoms with E-state index in [9.17, 15) is 34.4 Å². The van der Waals surface area contributed by atoms with Crippen molar-refractivity contribution in [1.82, 2.24) is 0 Å². The predicted octanol–water partition coefficient (Wildman–Crippen LogP) is 0.162. The molecule has 0 saturated heterocycles. The summed E-state index contributed by atoms with van der Waals surface area (Å²) >= 11 is 0. The van der Waals surface area contributed by atoms with Crippen LogP contribution in [-0.2, 0) is 30.4 Å². The molecule has 0 spiro atoms. The van der Waals surface area contributed by atoms with Crippen molar-refractivity contribution < 1.29 is 38.9 Å². The second kappa shape index (κ2) is 5.12. The van der Waals surface area contributed by atoms with Gasteiger partial charge in [0.1, 0.15) is 14.7 Å². The summed E-state index contributed by atoms with van der Waals surface area (Å²) in [6.07, 6.45) is 0. The zero-order valence-corrected chi connectivity index (χ0v) is 13.4. The quantitative estimate of drug-likeness (QED) is 0.419. The lowest BCUT2D eigenvalue weighted by atomic mass is 10.1. The lowest BCUT2D eigenvalue weighted by Crippen LogP contribution is -2.13. The first-order valence-electron chi connectivity index (χ1n) is 5.52. The van der Waals surface area contributed by atoms with Crippen LogP contribution < -0.4 is 5.73 Å². The first kappa shape index (κ1) is 17.6. The SMILES string of the molecule is Nc1c(S(=O)(=O)O)c(S(=O)(=O)O)cc2cccc(S(=O)(=O)O)c12. The monoisotopic (exact) mass is 383 g/mol. The van der Waals surface area contributed by atoms with Crippen LogP contribution in [0.3, 0.4) is 0 Å². The van der Waals surface area contributed by atoms with Crippen LogP contribution in [0.25, 0.3) is 10.8 Å². The summed E-state index contributed by atoms with van der Waals surface area (Å²) in [5.74, 6) is 0. The Balaban J connectivity index is 3.24. The van der Waals surface area contributed by atoms with E-state index >= 15 is 0 Å². The smallest absolute Gasteiger partial charge is 0.298 e. The van der Waals surface area contributed by atoms with Gasteiger partial charge in [0, 0.05) is 5.39 Å². The van der Waals surface area contributed by atoms with Gasteiger partial charge >= 0.3 is 0 Å². The summed E-state index contributed by atoms with van der Waals surface area (Å²) in [6, 6.07) is 3.81. The molecule has 0 aliphatic carbocycles. The Hall–Kier alpha value is -1.77. The van der Waals surface area contributed by atoms with Gasteiger partial charge in [-0.1, -0.05) is 12.1 Å². The van der Waals surface area contributed by atoms with Gasteiger partial charge in [-0.25, -0.2) is 0 Å². The molecule has 0 amide bonds. The number of hydrogen-bond donors (Lipinski definition) is 4. The normalized spacial score (nSPS) is 13.3. The van der Waals surface area contributed by atoms with Crippen LogP contribution in [0.5, 0.6) is 0 Å². The third-order valence-electron chi connectivity index (χ3n) is 2.90. The summed E-state index contributed by atoms with van der Waals surface area (Å²) < 4.78 is 95.7. The Morgan fingerprint density at radius 1 is 0.783 bits per heavy atom. The van der Waals surface area contributed by atoms with Gasteiger partial charge in [-0.05, 0) is 17.5 Å². The highest BCUT2D eigenvalue weighted by Crippen LogP contribution is 2.37. The van der Waals surface area contributed by atoms with Crippen LogP contribution in [0.1, 0.15) is 0 Å². The molecule has 5 N–H and O–H groups in total. The van der Waals surface area contributed by atoms with Crippen molar-refractivity contribution in [3.8, 4) is 0 Å². The summed E-state index contributed by atoms with van der Waals surface area (Å²) in [5, 5.41) is -0.715. The highest BCUT2D eigenvalue weighted by atomic mass is 32.2. The van der Waals surface area contributed by atoms with Crippen molar-refractivity contribution in [1.29, 1.82) is 0 Å². The molecule has 0 saturated carbocycles. The average molecular weight is 383 g/mol. The minimum Gasteiger partial charge on any atom is -0.397 e. The van der Waals surface area contributed by atoms with Gasteiger partial charge in [0.05, 0.1) is 5.69 Å². The highest BCUT2D eigenvalue weighted by molar-refractivity contribution is 7.89. The van der Waals surface area contributed by atoms with Crippen LogP contribution >= 0.6 is 0 Å². The van der Waals surface area contributed by atoms with E-state index in [2.05, 4.69) is 0 Å². The van der Waals surface area contributed by atoms with Crippen molar-refractivity contribution >= 4 is 46.8 Å². The fourth-order valence-corrected chi connectivity index (χ4v) is 4.76. The third-order valence-corrected chi connectivity index (χ3v) is 5.76. The molecule has 126 valence electrons. The van der Waals surface area contributed by atoms with E-state index in [1.165, 1.54) is 6.07 Å². The Bertz CT molecular complexity index is 1130. The minimum atomic E-state index is -5.24. The average Bonchev–Trinajstić information content (AvgIpc) is 2.33. The van der Waals surface area contributed by atoms with E-state index < -0.39 is 56.1 Å². The molecule has 0 radical (unpaired) electrons. The summed E-state index contributed by atoms with van der Waals surface area (Å²) in [6.45, 7) is 0. The van der Waals surface area contributed by atoms with Gasteiger partial charge in [-0.15, -0.1) is 0 Å². The number of anilines is 1. The predicted molar refractivity (Wildman–Crippen MR) is 77.8 cm³/mol. The van der Waals surface area contributed by atoms with Gasteiger partial charge in [0.2, 0.25) is 0 Å². The molecule has 0 unspecified atom stereocenters. The van der Waals surface area contributed by atoms with Gasteiger partial charge in [0.15, 0.2) is 0 Å². The second-order valence-corrected chi connectivity index (χ2v) is 8.54. The van der Waals surface area contributed by atoms with Gasteiger partial charge in [-0.3, -0.25) is 13.7 Å². The topological polar surface area (TPSA) is 189 Å². The fourth-order valence-electron chi connectivity index (χ4n) is 2.08. The van der Waals surface area contributed by atoms with E-state index in [0.717, 1.165) is 12.1 Å². The van der Waals surface area contributed by atoms with Crippen LogP contribution in [0.4, 0.5) is 5.69 Å². The van der Waals surface area contributed by atoms with E-state index in [0.29, 0.717) is 6.07 Å². The molecule has 0 heterocycles. The largest absolute Gasteiger partial charge is 0.397 e. The van der Waals surface area contributed by atoms with Crippen molar-refractivity contribution in [3.05, 3.63) is 24.3 Å². The van der Waals surface area contributed by atoms with E-state index in [4.69, 9.17) is 10.3 Å². The maximum atomic E-state index is 11.4. The zero-order valence-electron chi connectivity index (χ0n) is 10.9. The Morgan fingerprint density at radius 3 is 1.74 bits per heavy atom. The highest BCUT2D eigenvalue weighted by Gasteiger charge is 2.30. The van der Waals surface area contributed by atoms with E-state index in [1.807, 2.05) is 0 Å². The van der Waals surface area contributed by atoms with Crippen molar-refractivity contribution in [2.45, 2.75) is 14.7 Å². The maximum Gasteiger partial charge on any atom is 0.298 e. The van der Waals surface area contributed by atoms with E-state index in [-0.39, 0.29) is 5.39 Å². The molecule has 2 aromatic rings. The molecule has 0 aliphatic heterocycles. The Kier molecular flexibility index (Phi) is 3.91. The first-order chi connectivity index (χ1) is 10.2. The lowest BCUT2D eigenvalue weighted by Gasteiger charge is -2.13. The molecule has 13 heteroatoms. The molecular weight excluding hydrogens is 374 g/mol. The van der Waals surface area contributed by atoms with Crippen LogP contribution in [0, 0.1) is 0 Å². The summed E-state index contributed by atoms with van der Waals surface area (Å²) in [5.41, 5.74) is 4.56. The summed E-state index contributed by atoms with van der Waals surface area (Å²) in [7, 11) is -15.2. The van der Waals surface area contributed by atoms with Crippen molar-refractivity contribution in [3.63, 3.8) is 0 Å². The van der Waals surface area contributed by atoms with Crippen LogP contribution in [0.2, 0.25) is 0 Å². The van der Waals surface area contributed by atoms with Gasteiger partial charge in [-0.2, -0.15) is 25.3 Å². The third kappa shape index (κ3) is 3.15. The zero-order chi connectivity index (χ0) is 17.8. The Morgan fingerprint density at radius 2 is 1.30 bits per heavy atom. The molecule has 10 nitrogen and oxygen atoms in total. The molecule has 2 aromatic carbocycles. The molecule has 0 fully saturated rings.